The van der Waals surface area contributed by atoms with E-state index in [0.29, 0.717) is 12.8 Å². The second-order valence-electron chi connectivity index (χ2n) is 23.9. The number of carbonyl (C=O) groups is 1. The molecule has 0 saturated carbocycles. The third-order valence-corrected chi connectivity index (χ3v) is 16.4. The third kappa shape index (κ3) is 38.7. The quantitative estimate of drug-likeness (QED) is 0.0204. The standard InChI is InChI=1S/C70H125NO13/c1-3-5-7-9-11-13-15-17-19-21-22-23-24-25-26-27-28-29-30-31-32-33-34-35-36-38-40-42-44-46-48-50-52-54-62(75)71-58(59(74)53-51-49-47-45-43-41-39-37-20-18-16-14-12-10-8-6-4-2)57-81-69-67(80)65(78)68(61(56-73)83-69)84-70-66(79)64(77)63(76)60(55-72)82-70/h5,7,11,13,17,19,22-23,43,45,51,53,58-61,63-70,72-74,76-80H,3-4,6,8-10,12,14-16,18,20-21,24-42,44,46-50,52,54-57H2,1-2H3,(H,71,75)/b7-5-,13-11-,19-17-,23-22-,45-43+,53-51+. The summed E-state index contributed by atoms with van der Waals surface area (Å²) in [5.41, 5.74) is 0. The van der Waals surface area contributed by atoms with Crippen molar-refractivity contribution in [3.63, 3.8) is 0 Å². The van der Waals surface area contributed by atoms with E-state index in [1.54, 1.807) is 6.08 Å². The maximum atomic E-state index is 13.3. The zero-order chi connectivity index (χ0) is 60.9. The highest BCUT2D eigenvalue weighted by Crippen LogP contribution is 2.30. The van der Waals surface area contributed by atoms with Gasteiger partial charge in [0.15, 0.2) is 12.6 Å². The average Bonchev–Trinajstić information content (AvgIpc) is 3.17. The summed E-state index contributed by atoms with van der Waals surface area (Å²) < 4.78 is 22.8. The number of allylic oxidation sites excluding steroid dienone is 11. The van der Waals surface area contributed by atoms with E-state index in [1.165, 1.54) is 180 Å². The molecule has 0 aliphatic carbocycles. The van der Waals surface area contributed by atoms with Crippen LogP contribution in [0, 0.1) is 0 Å². The van der Waals surface area contributed by atoms with Crippen LogP contribution >= 0.6 is 0 Å². The summed E-state index contributed by atoms with van der Waals surface area (Å²) in [6.07, 6.45) is 56.8. The highest BCUT2D eigenvalue weighted by molar-refractivity contribution is 5.76. The molecule has 0 aromatic carbocycles. The first-order valence-corrected chi connectivity index (χ1v) is 34.2. The van der Waals surface area contributed by atoms with Gasteiger partial charge in [0.25, 0.3) is 0 Å². The van der Waals surface area contributed by atoms with Crippen LogP contribution in [0.1, 0.15) is 271 Å². The number of hydrogen-bond acceptors (Lipinski definition) is 13. The Morgan fingerprint density at radius 1 is 0.440 bits per heavy atom. The first kappa shape index (κ1) is 77.5. The number of carbonyl (C=O) groups excluding carboxylic acids is 1. The first-order chi connectivity index (χ1) is 41.1. The van der Waals surface area contributed by atoms with Crippen LogP contribution in [-0.4, -0.2) is 140 Å². The number of unbranched alkanes of at least 4 members (excludes halogenated alkanes) is 32. The molecule has 0 aromatic heterocycles. The van der Waals surface area contributed by atoms with Gasteiger partial charge in [0.1, 0.15) is 48.8 Å². The van der Waals surface area contributed by atoms with Gasteiger partial charge in [0.05, 0.1) is 32.0 Å². The topological polar surface area (TPSA) is 228 Å². The van der Waals surface area contributed by atoms with Crippen molar-refractivity contribution in [2.75, 3.05) is 19.8 Å². The van der Waals surface area contributed by atoms with Gasteiger partial charge < -0.3 is 65.1 Å². The van der Waals surface area contributed by atoms with E-state index in [9.17, 15) is 45.6 Å². The molecular formula is C70H125NO13. The highest BCUT2D eigenvalue weighted by atomic mass is 16.7. The largest absolute Gasteiger partial charge is 0.394 e. The minimum Gasteiger partial charge on any atom is -0.394 e. The summed E-state index contributed by atoms with van der Waals surface area (Å²) in [4.78, 5) is 13.3. The number of amides is 1. The van der Waals surface area contributed by atoms with E-state index in [4.69, 9.17) is 18.9 Å². The van der Waals surface area contributed by atoms with E-state index >= 15 is 0 Å². The Labute approximate surface area is 510 Å². The van der Waals surface area contributed by atoms with Crippen LogP contribution in [0.25, 0.3) is 0 Å². The van der Waals surface area contributed by atoms with Crippen LogP contribution in [0.5, 0.6) is 0 Å². The van der Waals surface area contributed by atoms with Crippen molar-refractivity contribution in [2.45, 2.75) is 344 Å². The van der Waals surface area contributed by atoms with Crippen LogP contribution in [0.2, 0.25) is 0 Å². The van der Waals surface area contributed by atoms with Crippen LogP contribution in [0.4, 0.5) is 0 Å². The molecule has 2 aliphatic rings. The van der Waals surface area contributed by atoms with Gasteiger partial charge in [-0.1, -0.05) is 267 Å². The fourth-order valence-electron chi connectivity index (χ4n) is 10.9. The van der Waals surface area contributed by atoms with E-state index in [2.05, 4.69) is 79.9 Å². The fourth-order valence-corrected chi connectivity index (χ4v) is 10.9. The molecule has 2 rings (SSSR count). The van der Waals surface area contributed by atoms with Gasteiger partial charge in [0, 0.05) is 6.42 Å². The molecule has 0 bridgehead atoms. The van der Waals surface area contributed by atoms with Crippen molar-refractivity contribution in [1.82, 2.24) is 5.32 Å². The molecule has 12 unspecified atom stereocenters. The van der Waals surface area contributed by atoms with Crippen LogP contribution in [0.3, 0.4) is 0 Å². The molecule has 1 amide bonds. The summed E-state index contributed by atoms with van der Waals surface area (Å²) in [7, 11) is 0. The molecule has 2 fully saturated rings. The monoisotopic (exact) mass is 1190 g/mol. The normalized spacial score (nSPS) is 24.1. The molecule has 0 radical (unpaired) electrons. The third-order valence-electron chi connectivity index (χ3n) is 16.4. The molecule has 0 spiro atoms. The maximum absolute atomic E-state index is 13.3. The molecule has 0 aromatic rings. The van der Waals surface area contributed by atoms with Gasteiger partial charge in [-0.2, -0.15) is 0 Å². The average molecular weight is 1190 g/mol. The molecule has 84 heavy (non-hydrogen) atoms. The maximum Gasteiger partial charge on any atom is 0.220 e. The van der Waals surface area contributed by atoms with Gasteiger partial charge in [-0.3, -0.25) is 4.79 Å². The minimum absolute atomic E-state index is 0.247. The second-order valence-corrected chi connectivity index (χ2v) is 23.9. The molecule has 2 saturated heterocycles. The lowest BCUT2D eigenvalue weighted by Crippen LogP contribution is -2.65. The summed E-state index contributed by atoms with van der Waals surface area (Å²) in [6.45, 7) is 2.69. The molecule has 9 N–H and O–H groups in total. The zero-order valence-electron chi connectivity index (χ0n) is 52.9. The molecule has 2 heterocycles. The first-order valence-electron chi connectivity index (χ1n) is 34.2. The summed E-state index contributed by atoms with van der Waals surface area (Å²) in [6, 6.07) is -0.933. The Bertz CT molecular complexity index is 1690. The molecular weight excluding hydrogens is 1060 g/mol. The van der Waals surface area contributed by atoms with E-state index in [0.717, 1.165) is 57.8 Å². The number of rotatable bonds is 55. The lowest BCUT2D eigenvalue weighted by molar-refractivity contribution is -0.359. The van der Waals surface area contributed by atoms with Crippen molar-refractivity contribution < 1.29 is 64.6 Å². The molecule has 14 nitrogen and oxygen atoms in total. The Morgan fingerprint density at radius 3 is 1.31 bits per heavy atom. The number of ether oxygens (including phenoxy) is 4. The Morgan fingerprint density at radius 2 is 0.833 bits per heavy atom. The number of nitrogens with one attached hydrogen (secondary N) is 1. The van der Waals surface area contributed by atoms with Gasteiger partial charge in [0.2, 0.25) is 5.91 Å². The van der Waals surface area contributed by atoms with E-state index < -0.39 is 86.8 Å². The van der Waals surface area contributed by atoms with E-state index in [-0.39, 0.29) is 18.9 Å². The van der Waals surface area contributed by atoms with Gasteiger partial charge in [-0.25, -0.2) is 0 Å². The second kappa shape index (κ2) is 54.6. The van der Waals surface area contributed by atoms with Gasteiger partial charge in [-0.15, -0.1) is 0 Å². The fraction of sp³-hybridized carbons (Fsp3) is 0.814. The van der Waals surface area contributed by atoms with Crippen molar-refractivity contribution in [3.05, 3.63) is 72.9 Å². The predicted molar refractivity (Wildman–Crippen MR) is 341 cm³/mol. The lowest BCUT2D eigenvalue weighted by Gasteiger charge is -2.46. The summed E-state index contributed by atoms with van der Waals surface area (Å²) >= 11 is 0. The number of hydrogen-bond donors (Lipinski definition) is 9. The SMILES string of the molecule is CC/C=C\C/C=C\C/C=C\C/C=C\CCCCCCCCCCCCCCCCCCCCCCC(=O)NC(COC1OC(CO)C(OC2OC(CO)C(O)C(O)C2O)C(O)C1O)C(O)/C=C/CC/C=C/CCCCCCCCCCCCC. The van der Waals surface area contributed by atoms with Crippen molar-refractivity contribution in [3.8, 4) is 0 Å². The van der Waals surface area contributed by atoms with Gasteiger partial charge in [-0.05, 0) is 70.6 Å². The Kier molecular flexibility index (Phi) is 50.4. The van der Waals surface area contributed by atoms with Crippen LogP contribution in [0.15, 0.2) is 72.9 Å². The Balaban J connectivity index is 1.65. The van der Waals surface area contributed by atoms with Crippen molar-refractivity contribution in [2.24, 2.45) is 0 Å². The number of aliphatic hydroxyl groups is 8. The number of aliphatic hydroxyl groups excluding tert-OH is 8. The van der Waals surface area contributed by atoms with Crippen LogP contribution in [-0.2, 0) is 23.7 Å². The lowest BCUT2D eigenvalue weighted by atomic mass is 9.97. The highest BCUT2D eigenvalue weighted by Gasteiger charge is 2.51. The smallest absolute Gasteiger partial charge is 0.220 e. The van der Waals surface area contributed by atoms with Crippen molar-refractivity contribution in [1.29, 1.82) is 0 Å². The molecule has 488 valence electrons. The molecule has 12 atom stereocenters. The van der Waals surface area contributed by atoms with Crippen molar-refractivity contribution >= 4 is 5.91 Å². The Hall–Kier alpha value is -2.57. The predicted octanol–water partition coefficient (Wildman–Crippen LogP) is 13.5. The zero-order valence-corrected chi connectivity index (χ0v) is 52.9. The van der Waals surface area contributed by atoms with Gasteiger partial charge >= 0.3 is 0 Å². The summed E-state index contributed by atoms with van der Waals surface area (Å²) in [5.74, 6) is -0.247. The minimum atomic E-state index is -1.79. The molecule has 14 heteroatoms. The van der Waals surface area contributed by atoms with E-state index in [1.807, 2.05) is 6.08 Å². The molecule has 2 aliphatic heterocycles. The van der Waals surface area contributed by atoms with Crippen LogP contribution < -0.4 is 5.32 Å². The summed E-state index contributed by atoms with van der Waals surface area (Å²) in [5, 5.41) is 87.3.